The van der Waals surface area contributed by atoms with E-state index in [1.54, 1.807) is 0 Å². The van der Waals surface area contributed by atoms with E-state index < -0.39 is 0 Å². The van der Waals surface area contributed by atoms with E-state index in [2.05, 4.69) is 25.7 Å². The largest absolute Gasteiger partial charge is 0.328 e. The fraction of sp³-hybridized carbons (Fsp3) is 1.00. The summed E-state index contributed by atoms with van der Waals surface area (Å²) in [5.74, 6) is 0. The molecule has 0 amide bonds. The number of unbranched alkanes of at least 4 members (excludes halogenated alkanes) is 5. The van der Waals surface area contributed by atoms with Gasteiger partial charge in [0.15, 0.2) is 0 Å². The Morgan fingerprint density at radius 2 is 1.41 bits per heavy atom. The van der Waals surface area contributed by atoms with E-state index in [9.17, 15) is 0 Å². The van der Waals surface area contributed by atoms with Crippen molar-refractivity contribution in [1.82, 2.24) is 4.90 Å². The van der Waals surface area contributed by atoms with E-state index in [0.717, 1.165) is 19.5 Å². The van der Waals surface area contributed by atoms with Gasteiger partial charge < -0.3 is 10.6 Å². The molecule has 0 aromatic heterocycles. The molecule has 0 aromatic carbocycles. The molecule has 104 valence electrons. The van der Waals surface area contributed by atoms with Gasteiger partial charge in [0.2, 0.25) is 0 Å². The summed E-state index contributed by atoms with van der Waals surface area (Å²) in [4.78, 5) is 2.46. The average molecular weight is 242 g/mol. The minimum absolute atomic E-state index is 0.418. The van der Waals surface area contributed by atoms with E-state index >= 15 is 0 Å². The number of nitrogens with zero attached hydrogens (tertiary/aromatic N) is 1. The summed E-state index contributed by atoms with van der Waals surface area (Å²) in [6, 6.07) is 0.418. The van der Waals surface area contributed by atoms with Gasteiger partial charge in [-0.05, 0) is 32.5 Å². The van der Waals surface area contributed by atoms with Crippen molar-refractivity contribution in [3.05, 3.63) is 0 Å². The highest BCUT2D eigenvalue weighted by Gasteiger charge is 2.05. The van der Waals surface area contributed by atoms with Crippen LogP contribution in [0.5, 0.6) is 0 Å². The maximum atomic E-state index is 6.15. The standard InChI is InChI=1S/C15H34N2/c1-4-7-8-9-10-11-12-15(16)13-14-17(5-2)6-3/h15H,4-14,16H2,1-3H3. The maximum absolute atomic E-state index is 6.15. The van der Waals surface area contributed by atoms with Gasteiger partial charge in [0.25, 0.3) is 0 Å². The molecule has 0 aliphatic heterocycles. The summed E-state index contributed by atoms with van der Waals surface area (Å²) in [5.41, 5.74) is 6.15. The molecule has 0 aromatic rings. The quantitative estimate of drug-likeness (QED) is 0.528. The SMILES string of the molecule is CCCCCCCCC(N)CCN(CC)CC. The highest BCUT2D eigenvalue weighted by atomic mass is 15.1. The topological polar surface area (TPSA) is 29.3 Å². The molecule has 1 unspecified atom stereocenters. The Labute approximate surface area is 109 Å². The van der Waals surface area contributed by atoms with E-state index in [1.165, 1.54) is 51.5 Å². The molecule has 0 bridgehead atoms. The molecule has 0 saturated carbocycles. The Bertz CT molecular complexity index is 144. The summed E-state index contributed by atoms with van der Waals surface area (Å²) in [5, 5.41) is 0. The van der Waals surface area contributed by atoms with E-state index in [-0.39, 0.29) is 0 Å². The molecule has 2 N–H and O–H groups in total. The van der Waals surface area contributed by atoms with Crippen LogP contribution < -0.4 is 5.73 Å². The third-order valence-electron chi connectivity index (χ3n) is 3.64. The molecule has 0 fully saturated rings. The van der Waals surface area contributed by atoms with Crippen molar-refractivity contribution in [3.63, 3.8) is 0 Å². The van der Waals surface area contributed by atoms with Gasteiger partial charge in [-0.3, -0.25) is 0 Å². The summed E-state index contributed by atoms with van der Waals surface area (Å²) >= 11 is 0. The lowest BCUT2D eigenvalue weighted by molar-refractivity contribution is 0.286. The number of nitrogens with two attached hydrogens (primary N) is 1. The smallest absolute Gasteiger partial charge is 0.00510 e. The first-order valence-corrected chi connectivity index (χ1v) is 7.72. The van der Waals surface area contributed by atoms with Gasteiger partial charge in [0, 0.05) is 6.04 Å². The molecular weight excluding hydrogens is 208 g/mol. The third kappa shape index (κ3) is 10.8. The van der Waals surface area contributed by atoms with Crippen molar-refractivity contribution < 1.29 is 0 Å². The van der Waals surface area contributed by atoms with Gasteiger partial charge in [-0.15, -0.1) is 0 Å². The third-order valence-corrected chi connectivity index (χ3v) is 3.64. The van der Waals surface area contributed by atoms with Crippen LogP contribution >= 0.6 is 0 Å². The van der Waals surface area contributed by atoms with Crippen LogP contribution in [0.2, 0.25) is 0 Å². The molecule has 0 aliphatic rings. The van der Waals surface area contributed by atoms with Crippen molar-refractivity contribution in [3.8, 4) is 0 Å². The predicted octanol–water partition coefficient (Wildman–Crippen LogP) is 3.80. The average Bonchev–Trinajstić information content (AvgIpc) is 2.35. The van der Waals surface area contributed by atoms with E-state index in [1.807, 2.05) is 0 Å². The van der Waals surface area contributed by atoms with Gasteiger partial charge in [-0.1, -0.05) is 59.3 Å². The van der Waals surface area contributed by atoms with Gasteiger partial charge >= 0.3 is 0 Å². The molecule has 0 radical (unpaired) electrons. The van der Waals surface area contributed by atoms with Crippen molar-refractivity contribution in [2.75, 3.05) is 19.6 Å². The Morgan fingerprint density at radius 3 is 2.00 bits per heavy atom. The van der Waals surface area contributed by atoms with E-state index in [0.29, 0.717) is 6.04 Å². The Morgan fingerprint density at radius 1 is 0.824 bits per heavy atom. The number of hydrogen-bond acceptors (Lipinski definition) is 2. The van der Waals surface area contributed by atoms with Crippen LogP contribution in [0.25, 0.3) is 0 Å². The second kappa shape index (κ2) is 12.4. The molecule has 0 spiro atoms. The number of hydrogen-bond donors (Lipinski definition) is 1. The highest BCUT2D eigenvalue weighted by Crippen LogP contribution is 2.09. The van der Waals surface area contributed by atoms with Crippen LogP contribution in [0, 0.1) is 0 Å². The zero-order valence-corrected chi connectivity index (χ0v) is 12.4. The molecule has 17 heavy (non-hydrogen) atoms. The Balaban J connectivity index is 3.30. The van der Waals surface area contributed by atoms with Gasteiger partial charge in [0.1, 0.15) is 0 Å². The normalized spacial score (nSPS) is 13.2. The first kappa shape index (κ1) is 16.9. The molecule has 2 heteroatoms. The lowest BCUT2D eigenvalue weighted by Gasteiger charge is -2.20. The molecular formula is C15H34N2. The molecule has 0 saturated heterocycles. The second-order valence-electron chi connectivity index (χ2n) is 5.13. The minimum atomic E-state index is 0.418. The zero-order valence-electron chi connectivity index (χ0n) is 12.4. The van der Waals surface area contributed by atoms with Crippen LogP contribution in [-0.2, 0) is 0 Å². The van der Waals surface area contributed by atoms with Crippen LogP contribution in [0.15, 0.2) is 0 Å². The van der Waals surface area contributed by atoms with Crippen molar-refractivity contribution in [1.29, 1.82) is 0 Å². The Kier molecular flexibility index (Phi) is 12.3. The first-order valence-electron chi connectivity index (χ1n) is 7.72. The van der Waals surface area contributed by atoms with Crippen LogP contribution in [0.3, 0.4) is 0 Å². The second-order valence-corrected chi connectivity index (χ2v) is 5.13. The maximum Gasteiger partial charge on any atom is 0.00510 e. The summed E-state index contributed by atoms with van der Waals surface area (Å²) in [7, 11) is 0. The van der Waals surface area contributed by atoms with Gasteiger partial charge in [-0.25, -0.2) is 0 Å². The van der Waals surface area contributed by atoms with Crippen molar-refractivity contribution in [2.45, 2.75) is 78.2 Å². The molecule has 0 aliphatic carbocycles. The number of rotatable bonds is 12. The lowest BCUT2D eigenvalue weighted by Crippen LogP contribution is -2.30. The van der Waals surface area contributed by atoms with Crippen LogP contribution in [0.1, 0.15) is 72.1 Å². The fourth-order valence-electron chi connectivity index (χ4n) is 2.22. The Hall–Kier alpha value is -0.0800. The fourth-order valence-corrected chi connectivity index (χ4v) is 2.22. The summed E-state index contributed by atoms with van der Waals surface area (Å²) in [6.07, 6.45) is 10.6. The lowest BCUT2D eigenvalue weighted by atomic mass is 10.0. The summed E-state index contributed by atoms with van der Waals surface area (Å²) < 4.78 is 0. The van der Waals surface area contributed by atoms with Crippen LogP contribution in [0.4, 0.5) is 0 Å². The summed E-state index contributed by atoms with van der Waals surface area (Å²) in [6.45, 7) is 10.2. The minimum Gasteiger partial charge on any atom is -0.328 e. The molecule has 0 rings (SSSR count). The zero-order chi connectivity index (χ0) is 12.9. The van der Waals surface area contributed by atoms with Crippen LogP contribution in [-0.4, -0.2) is 30.6 Å². The first-order chi connectivity index (χ1) is 8.24. The van der Waals surface area contributed by atoms with Crippen molar-refractivity contribution in [2.24, 2.45) is 5.73 Å². The predicted molar refractivity (Wildman–Crippen MR) is 78.4 cm³/mol. The highest BCUT2D eigenvalue weighted by molar-refractivity contribution is 4.64. The van der Waals surface area contributed by atoms with Gasteiger partial charge in [0.05, 0.1) is 0 Å². The molecule has 1 atom stereocenters. The van der Waals surface area contributed by atoms with Crippen molar-refractivity contribution >= 4 is 0 Å². The van der Waals surface area contributed by atoms with Gasteiger partial charge in [-0.2, -0.15) is 0 Å². The monoisotopic (exact) mass is 242 g/mol. The molecule has 0 heterocycles. The molecule has 2 nitrogen and oxygen atoms in total. The van der Waals surface area contributed by atoms with E-state index in [4.69, 9.17) is 5.73 Å².